The van der Waals surface area contributed by atoms with E-state index in [-0.39, 0.29) is 17.8 Å². The van der Waals surface area contributed by atoms with Crippen molar-refractivity contribution in [2.24, 2.45) is 5.92 Å². The molecule has 2 nitrogen and oxygen atoms in total. The molecule has 1 aliphatic rings. The van der Waals surface area contributed by atoms with Gasteiger partial charge in [-0.05, 0) is 57.2 Å². The highest BCUT2D eigenvalue weighted by atomic mass is 32.1. The van der Waals surface area contributed by atoms with Crippen LogP contribution in [0.3, 0.4) is 0 Å². The number of benzene rings is 1. The molecule has 3 unspecified atom stereocenters. The molecule has 0 saturated heterocycles. The molecule has 0 aliphatic heterocycles. The fourth-order valence-corrected chi connectivity index (χ4v) is 4.48. The van der Waals surface area contributed by atoms with Crippen molar-refractivity contribution in [1.82, 2.24) is 10.3 Å². The summed E-state index contributed by atoms with van der Waals surface area (Å²) in [6.07, 6.45) is 4.23. The number of hydrogen-bond donors (Lipinski definition) is 1. The van der Waals surface area contributed by atoms with Crippen molar-refractivity contribution in [3.63, 3.8) is 0 Å². The summed E-state index contributed by atoms with van der Waals surface area (Å²) < 4.78 is 29.3. The summed E-state index contributed by atoms with van der Waals surface area (Å²) in [4.78, 5) is 5.55. The first kappa shape index (κ1) is 19.7. The molecule has 0 amide bonds. The monoisotopic (exact) mass is 388 g/mol. The van der Waals surface area contributed by atoms with Crippen molar-refractivity contribution >= 4 is 17.0 Å². The van der Waals surface area contributed by atoms with E-state index in [1.165, 1.54) is 17.4 Å². The van der Waals surface area contributed by atoms with Crippen molar-refractivity contribution in [3.05, 3.63) is 58.4 Å². The van der Waals surface area contributed by atoms with Crippen molar-refractivity contribution < 1.29 is 8.78 Å². The van der Waals surface area contributed by atoms with Gasteiger partial charge in [0.15, 0.2) is 0 Å². The number of thiazole rings is 1. The predicted molar refractivity (Wildman–Crippen MR) is 110 cm³/mol. The molecule has 0 radical (unpaired) electrons. The average molecular weight is 389 g/mol. The standard InChI is InChI=1S/C22H26F2N2S/c1-6-16-8-7-9-19(23)21(16)25-14(4)17-11-20(24)18(10-12(17)2)22-26-13(3)15(5)27-22/h7-8,10-11,16,19,21,25H,4,6,9H2,1-3,5H3. The highest BCUT2D eigenvalue weighted by Crippen LogP contribution is 2.33. The molecule has 27 heavy (non-hydrogen) atoms. The number of allylic oxidation sites excluding steroid dienone is 1. The molecule has 144 valence electrons. The van der Waals surface area contributed by atoms with Crippen LogP contribution in [0.25, 0.3) is 16.3 Å². The molecule has 1 aliphatic carbocycles. The molecule has 0 fully saturated rings. The molecule has 1 aromatic heterocycles. The van der Waals surface area contributed by atoms with Crippen LogP contribution in [0.2, 0.25) is 0 Å². The summed E-state index contributed by atoms with van der Waals surface area (Å²) in [7, 11) is 0. The maximum Gasteiger partial charge on any atom is 0.134 e. The normalized spacial score (nSPS) is 22.1. The van der Waals surface area contributed by atoms with Crippen molar-refractivity contribution in [2.75, 3.05) is 0 Å². The number of nitrogens with zero attached hydrogens (tertiary/aromatic N) is 1. The summed E-state index contributed by atoms with van der Waals surface area (Å²) in [6.45, 7) is 11.9. The van der Waals surface area contributed by atoms with Gasteiger partial charge in [0.05, 0.1) is 11.7 Å². The van der Waals surface area contributed by atoms with Gasteiger partial charge in [-0.3, -0.25) is 0 Å². The Labute approximate surface area is 164 Å². The zero-order valence-electron chi connectivity index (χ0n) is 16.3. The van der Waals surface area contributed by atoms with E-state index in [0.29, 0.717) is 28.3 Å². The quantitative estimate of drug-likeness (QED) is 0.624. The maximum atomic E-state index is 14.8. The Hall–Kier alpha value is -2.01. The molecular weight excluding hydrogens is 362 g/mol. The van der Waals surface area contributed by atoms with Gasteiger partial charge in [0.25, 0.3) is 0 Å². The Morgan fingerprint density at radius 2 is 2.07 bits per heavy atom. The van der Waals surface area contributed by atoms with Crippen LogP contribution in [0.4, 0.5) is 8.78 Å². The molecule has 3 rings (SSSR count). The number of halogens is 2. The number of aromatic nitrogens is 1. The number of alkyl halides is 1. The first-order chi connectivity index (χ1) is 12.8. The Kier molecular flexibility index (Phi) is 5.80. The summed E-state index contributed by atoms with van der Waals surface area (Å²) in [5, 5.41) is 3.91. The molecule has 5 heteroatoms. The van der Waals surface area contributed by atoms with Gasteiger partial charge in [0, 0.05) is 21.7 Å². The average Bonchev–Trinajstić information content (AvgIpc) is 2.96. The van der Waals surface area contributed by atoms with Crippen LogP contribution in [-0.2, 0) is 0 Å². The van der Waals surface area contributed by atoms with E-state index in [2.05, 4.69) is 23.0 Å². The Bertz CT molecular complexity index is 865. The third-order valence-corrected chi connectivity index (χ3v) is 6.41. The Balaban J connectivity index is 1.87. The van der Waals surface area contributed by atoms with Crippen LogP contribution in [0.15, 0.2) is 30.9 Å². The second kappa shape index (κ2) is 7.93. The second-order valence-corrected chi connectivity index (χ2v) is 8.41. The van der Waals surface area contributed by atoms with E-state index in [1.54, 1.807) is 6.07 Å². The summed E-state index contributed by atoms with van der Waals surface area (Å²) in [5.41, 5.74) is 3.56. The molecule has 1 heterocycles. The van der Waals surface area contributed by atoms with Crippen LogP contribution >= 0.6 is 11.3 Å². The van der Waals surface area contributed by atoms with E-state index < -0.39 is 6.17 Å². The minimum atomic E-state index is -0.970. The maximum absolute atomic E-state index is 14.8. The lowest BCUT2D eigenvalue weighted by molar-refractivity contribution is 0.216. The number of nitrogens with one attached hydrogen (secondary N) is 1. The highest BCUT2D eigenvalue weighted by molar-refractivity contribution is 7.15. The minimum absolute atomic E-state index is 0.108. The molecular formula is C22H26F2N2S. The third-order valence-electron chi connectivity index (χ3n) is 5.31. The van der Waals surface area contributed by atoms with Gasteiger partial charge in [0.1, 0.15) is 17.0 Å². The van der Waals surface area contributed by atoms with Crippen molar-refractivity contribution in [1.29, 1.82) is 0 Å². The van der Waals surface area contributed by atoms with Gasteiger partial charge in [0.2, 0.25) is 0 Å². The Morgan fingerprint density at radius 1 is 1.33 bits per heavy atom. The van der Waals surface area contributed by atoms with Gasteiger partial charge in [-0.2, -0.15) is 0 Å². The fourth-order valence-electron chi connectivity index (χ4n) is 3.54. The lowest BCUT2D eigenvalue weighted by Crippen LogP contribution is -2.43. The van der Waals surface area contributed by atoms with Crippen LogP contribution < -0.4 is 5.32 Å². The Morgan fingerprint density at radius 3 is 2.70 bits per heavy atom. The van der Waals surface area contributed by atoms with E-state index in [4.69, 9.17) is 0 Å². The molecule has 0 saturated carbocycles. The fraction of sp³-hybridized carbons (Fsp3) is 0.409. The smallest absolute Gasteiger partial charge is 0.134 e. The van der Waals surface area contributed by atoms with Crippen LogP contribution in [-0.4, -0.2) is 17.2 Å². The topological polar surface area (TPSA) is 24.9 Å². The number of hydrogen-bond acceptors (Lipinski definition) is 3. The first-order valence-electron chi connectivity index (χ1n) is 9.32. The number of rotatable bonds is 5. The number of aryl methyl sites for hydroxylation is 3. The van der Waals surface area contributed by atoms with Gasteiger partial charge in [-0.1, -0.05) is 25.7 Å². The summed E-state index contributed by atoms with van der Waals surface area (Å²) >= 11 is 1.49. The molecule has 1 N–H and O–H groups in total. The lowest BCUT2D eigenvalue weighted by atomic mass is 9.86. The predicted octanol–water partition coefficient (Wildman–Crippen LogP) is 6.13. The SMILES string of the molecule is C=C(NC1C(F)CC=CC1CC)c1cc(F)c(-c2nc(C)c(C)s2)cc1C. The highest BCUT2D eigenvalue weighted by Gasteiger charge is 2.30. The van der Waals surface area contributed by atoms with Gasteiger partial charge < -0.3 is 5.32 Å². The minimum Gasteiger partial charge on any atom is -0.379 e. The zero-order chi connectivity index (χ0) is 19.7. The molecule has 2 aromatic rings. The van der Waals surface area contributed by atoms with E-state index in [0.717, 1.165) is 22.6 Å². The van der Waals surface area contributed by atoms with E-state index >= 15 is 0 Å². The largest absolute Gasteiger partial charge is 0.379 e. The van der Waals surface area contributed by atoms with Gasteiger partial charge in [-0.15, -0.1) is 11.3 Å². The van der Waals surface area contributed by atoms with Crippen LogP contribution in [0, 0.1) is 32.5 Å². The first-order valence-corrected chi connectivity index (χ1v) is 10.1. The van der Waals surface area contributed by atoms with Crippen LogP contribution in [0.1, 0.15) is 41.5 Å². The zero-order valence-corrected chi connectivity index (χ0v) is 17.1. The molecule has 0 bridgehead atoms. The van der Waals surface area contributed by atoms with E-state index in [9.17, 15) is 8.78 Å². The molecule has 3 atom stereocenters. The van der Waals surface area contributed by atoms with Gasteiger partial charge in [-0.25, -0.2) is 13.8 Å². The lowest BCUT2D eigenvalue weighted by Gasteiger charge is -2.32. The van der Waals surface area contributed by atoms with Gasteiger partial charge >= 0.3 is 0 Å². The molecule has 1 aromatic carbocycles. The summed E-state index contributed by atoms with van der Waals surface area (Å²) in [6, 6.07) is 2.96. The third kappa shape index (κ3) is 3.98. The van der Waals surface area contributed by atoms with Crippen LogP contribution in [0.5, 0.6) is 0 Å². The summed E-state index contributed by atoms with van der Waals surface area (Å²) in [5.74, 6) is -0.226. The van der Waals surface area contributed by atoms with E-state index in [1.807, 2.05) is 33.8 Å². The second-order valence-electron chi connectivity index (χ2n) is 7.21. The molecule has 0 spiro atoms. The van der Waals surface area contributed by atoms with Crippen molar-refractivity contribution in [2.45, 2.75) is 52.8 Å². The van der Waals surface area contributed by atoms with Crippen molar-refractivity contribution in [3.8, 4) is 10.6 Å².